The van der Waals surface area contributed by atoms with Crippen molar-refractivity contribution in [3.8, 4) is 11.5 Å². The van der Waals surface area contributed by atoms with Crippen LogP contribution in [0.25, 0.3) is 0 Å². The quantitative estimate of drug-likeness (QED) is 0.540. The first kappa shape index (κ1) is 21.2. The standard InChI is InChI=1S/C24H30N6O/c1-27-17-9-11-18(12-10-17)30-24-21(23(26)28-15-29-24)22(25)16-7-13-20(14-8-16)31-19-5-3-2-4-6-19/h2-8,13-15,17-18,21,23,25,27H,9-12,26H2,1H3,(H,28,29,30). The van der Waals surface area contributed by atoms with Gasteiger partial charge in [0.15, 0.2) is 0 Å². The molecule has 0 spiro atoms. The predicted molar refractivity (Wildman–Crippen MR) is 125 cm³/mol. The molecule has 1 aliphatic heterocycles. The third-order valence-corrected chi connectivity index (χ3v) is 6.01. The summed E-state index contributed by atoms with van der Waals surface area (Å²) < 4.78 is 5.86. The van der Waals surface area contributed by atoms with Crippen LogP contribution in [0.1, 0.15) is 31.2 Å². The molecule has 1 saturated carbocycles. The van der Waals surface area contributed by atoms with Crippen molar-refractivity contribution in [1.29, 1.82) is 5.41 Å². The average Bonchev–Trinajstić information content (AvgIpc) is 2.80. The zero-order valence-electron chi connectivity index (χ0n) is 17.8. The summed E-state index contributed by atoms with van der Waals surface area (Å²) in [4.78, 5) is 8.72. The van der Waals surface area contributed by atoms with Crippen molar-refractivity contribution in [3.05, 3.63) is 60.2 Å². The first-order valence-electron chi connectivity index (χ1n) is 10.8. The maximum Gasteiger partial charge on any atom is 0.127 e. The summed E-state index contributed by atoms with van der Waals surface area (Å²) in [6, 6.07) is 18.1. The highest BCUT2D eigenvalue weighted by Gasteiger charge is 2.32. The molecule has 1 fully saturated rings. The van der Waals surface area contributed by atoms with Crippen LogP contribution in [0, 0.1) is 11.3 Å². The van der Waals surface area contributed by atoms with Crippen LogP contribution in [0.15, 0.2) is 64.6 Å². The van der Waals surface area contributed by atoms with Gasteiger partial charge in [0, 0.05) is 12.1 Å². The van der Waals surface area contributed by atoms with Crippen LogP contribution in [-0.4, -0.2) is 43.2 Å². The van der Waals surface area contributed by atoms with E-state index in [-0.39, 0.29) is 0 Å². The second-order valence-electron chi connectivity index (χ2n) is 8.08. The third-order valence-electron chi connectivity index (χ3n) is 6.01. The second kappa shape index (κ2) is 9.85. The van der Waals surface area contributed by atoms with Gasteiger partial charge in [-0.05, 0) is 74.7 Å². The molecule has 31 heavy (non-hydrogen) atoms. The number of hydrogen-bond acceptors (Lipinski definition) is 7. The highest BCUT2D eigenvalue weighted by molar-refractivity contribution is 6.15. The normalized spacial score (nSPS) is 25.5. The summed E-state index contributed by atoms with van der Waals surface area (Å²) in [6.45, 7) is 0. The van der Waals surface area contributed by atoms with Gasteiger partial charge in [-0.2, -0.15) is 0 Å². The van der Waals surface area contributed by atoms with Gasteiger partial charge in [-0.25, -0.2) is 4.99 Å². The Kier molecular flexibility index (Phi) is 6.74. The molecule has 162 valence electrons. The lowest BCUT2D eigenvalue weighted by molar-refractivity contribution is 0.339. The minimum atomic E-state index is -0.526. The van der Waals surface area contributed by atoms with E-state index in [0.29, 0.717) is 17.8 Å². The summed E-state index contributed by atoms with van der Waals surface area (Å²) in [6.07, 6.45) is 5.39. The maximum atomic E-state index is 8.83. The minimum absolute atomic E-state index is 0.346. The largest absolute Gasteiger partial charge is 0.457 e. The van der Waals surface area contributed by atoms with Gasteiger partial charge in [-0.3, -0.25) is 4.99 Å². The van der Waals surface area contributed by atoms with E-state index in [1.165, 1.54) is 6.34 Å². The Morgan fingerprint density at radius 1 is 0.968 bits per heavy atom. The highest BCUT2D eigenvalue weighted by atomic mass is 16.5. The molecule has 2 aromatic carbocycles. The smallest absolute Gasteiger partial charge is 0.127 e. The predicted octanol–water partition coefficient (Wildman–Crippen LogP) is 3.31. The van der Waals surface area contributed by atoms with E-state index in [9.17, 15) is 0 Å². The van der Waals surface area contributed by atoms with Gasteiger partial charge in [-0.1, -0.05) is 18.2 Å². The number of amidine groups is 1. The number of para-hydroxylation sites is 1. The topological polar surface area (TPSA) is 108 Å². The van der Waals surface area contributed by atoms with Crippen molar-refractivity contribution in [2.75, 3.05) is 7.05 Å². The highest BCUT2D eigenvalue weighted by Crippen LogP contribution is 2.24. The number of nitrogens with two attached hydrogens (primary N) is 1. The molecular weight excluding hydrogens is 388 g/mol. The molecule has 0 bridgehead atoms. The van der Waals surface area contributed by atoms with E-state index < -0.39 is 12.1 Å². The van der Waals surface area contributed by atoms with Crippen LogP contribution in [0.4, 0.5) is 0 Å². The molecule has 4 rings (SSSR count). The molecule has 7 nitrogen and oxygen atoms in total. The molecule has 2 aromatic rings. The molecule has 0 saturated heterocycles. The molecule has 2 aliphatic rings. The molecule has 2 atom stereocenters. The van der Waals surface area contributed by atoms with Crippen LogP contribution in [0.3, 0.4) is 0 Å². The maximum absolute atomic E-state index is 8.83. The summed E-state index contributed by atoms with van der Waals surface area (Å²) in [5, 5.41) is 15.8. The number of nitrogens with zero attached hydrogens (tertiary/aromatic N) is 2. The number of aliphatic imine (C=N–C) groups is 2. The van der Waals surface area contributed by atoms with Crippen molar-refractivity contribution >= 4 is 17.9 Å². The van der Waals surface area contributed by atoms with E-state index in [4.69, 9.17) is 15.9 Å². The number of hydrogen-bond donors (Lipinski definition) is 4. The van der Waals surface area contributed by atoms with Gasteiger partial charge < -0.3 is 26.5 Å². The monoisotopic (exact) mass is 418 g/mol. The van der Waals surface area contributed by atoms with Crippen molar-refractivity contribution in [2.24, 2.45) is 21.6 Å². The number of benzene rings is 2. The Hall–Kier alpha value is -3.03. The van der Waals surface area contributed by atoms with Gasteiger partial charge in [0.2, 0.25) is 0 Å². The molecular formula is C24H30N6O. The fourth-order valence-electron chi connectivity index (χ4n) is 4.18. The molecule has 2 unspecified atom stereocenters. The third kappa shape index (κ3) is 5.18. The molecule has 7 heteroatoms. The van der Waals surface area contributed by atoms with E-state index in [2.05, 4.69) is 20.6 Å². The first-order chi connectivity index (χ1) is 15.1. The van der Waals surface area contributed by atoms with Crippen LogP contribution in [0.5, 0.6) is 11.5 Å². The van der Waals surface area contributed by atoms with Crippen LogP contribution in [-0.2, 0) is 0 Å². The van der Waals surface area contributed by atoms with Gasteiger partial charge in [0.25, 0.3) is 0 Å². The zero-order chi connectivity index (χ0) is 21.6. The molecule has 0 aromatic heterocycles. The van der Waals surface area contributed by atoms with Crippen molar-refractivity contribution in [2.45, 2.75) is 43.9 Å². The van der Waals surface area contributed by atoms with Crippen molar-refractivity contribution in [1.82, 2.24) is 10.6 Å². The lowest BCUT2D eigenvalue weighted by Gasteiger charge is -2.33. The van der Waals surface area contributed by atoms with Crippen LogP contribution >= 0.6 is 0 Å². The van der Waals surface area contributed by atoms with E-state index in [1.807, 2.05) is 61.6 Å². The second-order valence-corrected chi connectivity index (χ2v) is 8.08. The Morgan fingerprint density at radius 3 is 2.29 bits per heavy atom. The fraction of sp³-hybridized carbons (Fsp3) is 0.375. The van der Waals surface area contributed by atoms with Crippen LogP contribution in [0.2, 0.25) is 0 Å². The van der Waals surface area contributed by atoms with Gasteiger partial charge in [0.05, 0.1) is 11.6 Å². The van der Waals surface area contributed by atoms with Crippen LogP contribution < -0.4 is 21.1 Å². The molecule has 0 amide bonds. The van der Waals surface area contributed by atoms with Gasteiger partial charge >= 0.3 is 0 Å². The Balaban J connectivity index is 1.44. The van der Waals surface area contributed by atoms with E-state index in [0.717, 1.165) is 48.6 Å². The summed E-state index contributed by atoms with van der Waals surface area (Å²) in [7, 11) is 2.02. The summed E-state index contributed by atoms with van der Waals surface area (Å²) in [5.41, 5.74) is 7.49. The first-order valence-corrected chi connectivity index (χ1v) is 10.8. The molecule has 1 heterocycles. The van der Waals surface area contributed by atoms with Gasteiger partial charge in [0.1, 0.15) is 29.8 Å². The van der Waals surface area contributed by atoms with E-state index >= 15 is 0 Å². The Bertz CT molecular complexity index is 932. The minimum Gasteiger partial charge on any atom is -0.457 e. The van der Waals surface area contributed by atoms with Crippen molar-refractivity contribution in [3.63, 3.8) is 0 Å². The molecule has 1 aliphatic carbocycles. The van der Waals surface area contributed by atoms with Gasteiger partial charge in [-0.15, -0.1) is 0 Å². The average molecular weight is 419 g/mol. The van der Waals surface area contributed by atoms with Crippen molar-refractivity contribution < 1.29 is 4.74 Å². The summed E-state index contributed by atoms with van der Waals surface area (Å²) >= 11 is 0. The number of nitrogens with one attached hydrogen (secondary N) is 3. The lowest BCUT2D eigenvalue weighted by Crippen LogP contribution is -2.51. The fourth-order valence-corrected chi connectivity index (χ4v) is 4.18. The Labute approximate surface area is 183 Å². The lowest BCUT2D eigenvalue weighted by atomic mass is 9.88. The SMILES string of the molecule is CNC1CCC(NC2=NC=NC(N)C2C(=N)c2ccc(Oc3ccccc3)cc2)CC1. The molecule has 0 radical (unpaired) electrons. The van der Waals surface area contributed by atoms with E-state index in [1.54, 1.807) is 0 Å². The number of ether oxygens (including phenoxy) is 1. The molecule has 5 N–H and O–H groups in total. The summed E-state index contributed by atoms with van der Waals surface area (Å²) in [5.74, 6) is 1.85. The Morgan fingerprint density at radius 2 is 1.61 bits per heavy atom. The number of rotatable bonds is 6. The zero-order valence-corrected chi connectivity index (χ0v) is 17.8.